The highest BCUT2D eigenvalue weighted by Crippen LogP contribution is 2.22. The Balaban J connectivity index is 2.73. The van der Waals surface area contributed by atoms with Gasteiger partial charge in [-0.2, -0.15) is 0 Å². The summed E-state index contributed by atoms with van der Waals surface area (Å²) < 4.78 is 14.3. The largest absolute Gasteiger partial charge is 0.380 e. The van der Waals surface area contributed by atoms with Gasteiger partial charge in [0.15, 0.2) is 0 Å². The molecule has 1 atom stereocenters. The van der Waals surface area contributed by atoms with Gasteiger partial charge >= 0.3 is 0 Å². The standard InChI is InChI=1S/C12H17BrFN/c1-3-5-10(4-2)15-12-8-9(13)6-7-11(12)14/h6-8,10,15H,3-5H2,1-2H3. The number of halogens is 2. The van der Waals surface area contributed by atoms with Gasteiger partial charge in [-0.15, -0.1) is 0 Å². The van der Waals surface area contributed by atoms with Crippen LogP contribution in [0.2, 0.25) is 0 Å². The highest BCUT2D eigenvalue weighted by Gasteiger charge is 2.08. The molecule has 1 nitrogen and oxygen atoms in total. The highest BCUT2D eigenvalue weighted by molar-refractivity contribution is 9.10. The van der Waals surface area contributed by atoms with E-state index in [-0.39, 0.29) is 5.82 Å². The van der Waals surface area contributed by atoms with Gasteiger partial charge in [0.1, 0.15) is 5.82 Å². The maximum Gasteiger partial charge on any atom is 0.146 e. The van der Waals surface area contributed by atoms with Gasteiger partial charge in [-0.05, 0) is 31.0 Å². The van der Waals surface area contributed by atoms with Gasteiger partial charge in [0.25, 0.3) is 0 Å². The molecule has 0 aromatic heterocycles. The zero-order valence-electron chi connectivity index (χ0n) is 9.19. The monoisotopic (exact) mass is 273 g/mol. The molecule has 1 aromatic rings. The van der Waals surface area contributed by atoms with E-state index in [2.05, 4.69) is 35.1 Å². The highest BCUT2D eigenvalue weighted by atomic mass is 79.9. The lowest BCUT2D eigenvalue weighted by molar-refractivity contribution is 0.599. The fourth-order valence-corrected chi connectivity index (χ4v) is 1.92. The summed E-state index contributed by atoms with van der Waals surface area (Å²) in [6.45, 7) is 4.25. The van der Waals surface area contributed by atoms with Gasteiger partial charge < -0.3 is 5.32 Å². The van der Waals surface area contributed by atoms with Crippen molar-refractivity contribution in [1.82, 2.24) is 0 Å². The average molecular weight is 274 g/mol. The molecule has 0 aliphatic heterocycles. The molecule has 0 saturated heterocycles. The van der Waals surface area contributed by atoms with E-state index in [1.807, 2.05) is 0 Å². The average Bonchev–Trinajstić information content (AvgIpc) is 2.22. The van der Waals surface area contributed by atoms with Crippen LogP contribution < -0.4 is 5.32 Å². The lowest BCUT2D eigenvalue weighted by Crippen LogP contribution is -2.18. The summed E-state index contributed by atoms with van der Waals surface area (Å²) >= 11 is 3.34. The van der Waals surface area contributed by atoms with E-state index in [9.17, 15) is 4.39 Å². The number of nitrogens with one attached hydrogen (secondary N) is 1. The van der Waals surface area contributed by atoms with E-state index in [1.54, 1.807) is 12.1 Å². The molecular formula is C12H17BrFN. The molecule has 0 heterocycles. The molecule has 0 bridgehead atoms. The smallest absolute Gasteiger partial charge is 0.146 e. The molecular weight excluding hydrogens is 257 g/mol. The van der Waals surface area contributed by atoms with E-state index in [0.29, 0.717) is 11.7 Å². The topological polar surface area (TPSA) is 12.0 Å². The molecule has 15 heavy (non-hydrogen) atoms. The molecule has 1 N–H and O–H groups in total. The summed E-state index contributed by atoms with van der Waals surface area (Å²) in [5.74, 6) is -0.187. The van der Waals surface area contributed by atoms with E-state index >= 15 is 0 Å². The molecule has 0 amide bonds. The summed E-state index contributed by atoms with van der Waals surface area (Å²) in [5.41, 5.74) is 0.588. The maximum absolute atomic E-state index is 13.4. The normalized spacial score (nSPS) is 12.5. The lowest BCUT2D eigenvalue weighted by Gasteiger charge is -2.18. The van der Waals surface area contributed by atoms with Gasteiger partial charge in [0.2, 0.25) is 0 Å². The summed E-state index contributed by atoms with van der Waals surface area (Å²) in [6, 6.07) is 5.33. The number of hydrogen-bond donors (Lipinski definition) is 1. The minimum atomic E-state index is -0.187. The summed E-state index contributed by atoms with van der Waals surface area (Å²) in [5, 5.41) is 3.23. The van der Waals surface area contributed by atoms with E-state index < -0.39 is 0 Å². The lowest BCUT2D eigenvalue weighted by atomic mass is 10.1. The predicted octanol–water partition coefficient (Wildman–Crippen LogP) is 4.58. The Morgan fingerprint density at radius 2 is 2.13 bits per heavy atom. The van der Waals surface area contributed by atoms with Gasteiger partial charge in [0.05, 0.1) is 5.69 Å². The van der Waals surface area contributed by atoms with Crippen molar-refractivity contribution in [2.75, 3.05) is 5.32 Å². The molecule has 1 aromatic carbocycles. The van der Waals surface area contributed by atoms with Crippen molar-refractivity contribution in [2.45, 2.75) is 39.2 Å². The van der Waals surface area contributed by atoms with Gasteiger partial charge in [-0.1, -0.05) is 36.2 Å². The second kappa shape index (κ2) is 6.11. The Kier molecular flexibility index (Phi) is 5.09. The van der Waals surface area contributed by atoms with E-state index in [0.717, 1.165) is 23.7 Å². The van der Waals surface area contributed by atoms with E-state index in [1.165, 1.54) is 6.07 Å². The third kappa shape index (κ3) is 3.82. The van der Waals surface area contributed by atoms with Crippen LogP contribution in [0.5, 0.6) is 0 Å². The Morgan fingerprint density at radius 1 is 1.40 bits per heavy atom. The Labute approximate surface area is 99.2 Å². The van der Waals surface area contributed by atoms with Gasteiger partial charge in [-0.25, -0.2) is 4.39 Å². The second-order valence-corrected chi connectivity index (χ2v) is 4.58. The first-order valence-corrected chi connectivity index (χ1v) is 6.18. The minimum absolute atomic E-state index is 0.187. The molecule has 0 spiro atoms. The summed E-state index contributed by atoms with van der Waals surface area (Å²) in [7, 11) is 0. The molecule has 0 fully saturated rings. The van der Waals surface area contributed by atoms with Crippen molar-refractivity contribution in [3.8, 4) is 0 Å². The van der Waals surface area contributed by atoms with Crippen molar-refractivity contribution in [2.24, 2.45) is 0 Å². The van der Waals surface area contributed by atoms with Crippen LogP contribution in [-0.4, -0.2) is 6.04 Å². The van der Waals surface area contributed by atoms with Crippen molar-refractivity contribution >= 4 is 21.6 Å². The molecule has 84 valence electrons. The Hall–Kier alpha value is -0.570. The van der Waals surface area contributed by atoms with Crippen LogP contribution in [0.15, 0.2) is 22.7 Å². The summed E-state index contributed by atoms with van der Waals surface area (Å²) in [4.78, 5) is 0. The fraction of sp³-hybridized carbons (Fsp3) is 0.500. The van der Waals surface area contributed by atoms with Gasteiger partial charge in [0, 0.05) is 10.5 Å². The first-order chi connectivity index (χ1) is 7.17. The first kappa shape index (κ1) is 12.5. The van der Waals surface area contributed by atoms with Crippen LogP contribution in [-0.2, 0) is 0 Å². The number of benzene rings is 1. The predicted molar refractivity (Wildman–Crippen MR) is 66.7 cm³/mol. The van der Waals surface area contributed by atoms with E-state index in [4.69, 9.17) is 0 Å². The number of rotatable bonds is 5. The summed E-state index contributed by atoms with van der Waals surface area (Å²) in [6.07, 6.45) is 3.20. The van der Waals surface area contributed by atoms with Crippen LogP contribution in [0, 0.1) is 5.82 Å². The van der Waals surface area contributed by atoms with Crippen molar-refractivity contribution in [1.29, 1.82) is 0 Å². The minimum Gasteiger partial charge on any atom is -0.380 e. The van der Waals surface area contributed by atoms with Crippen LogP contribution in [0.1, 0.15) is 33.1 Å². The third-order valence-electron chi connectivity index (χ3n) is 2.42. The van der Waals surface area contributed by atoms with Crippen molar-refractivity contribution in [3.05, 3.63) is 28.5 Å². The van der Waals surface area contributed by atoms with Crippen molar-refractivity contribution < 1.29 is 4.39 Å². The van der Waals surface area contributed by atoms with Crippen LogP contribution in [0.3, 0.4) is 0 Å². The second-order valence-electron chi connectivity index (χ2n) is 3.66. The molecule has 0 aliphatic rings. The number of anilines is 1. The molecule has 0 radical (unpaired) electrons. The van der Waals surface area contributed by atoms with Crippen LogP contribution >= 0.6 is 15.9 Å². The Morgan fingerprint density at radius 3 is 2.73 bits per heavy atom. The maximum atomic E-state index is 13.4. The molecule has 3 heteroatoms. The van der Waals surface area contributed by atoms with Crippen molar-refractivity contribution in [3.63, 3.8) is 0 Å². The molecule has 0 aliphatic carbocycles. The fourth-order valence-electron chi connectivity index (χ4n) is 1.55. The van der Waals surface area contributed by atoms with Crippen LogP contribution in [0.4, 0.5) is 10.1 Å². The SMILES string of the molecule is CCCC(CC)Nc1cc(Br)ccc1F. The van der Waals surface area contributed by atoms with Gasteiger partial charge in [-0.3, -0.25) is 0 Å². The molecule has 0 saturated carbocycles. The quantitative estimate of drug-likeness (QED) is 0.828. The van der Waals surface area contributed by atoms with Crippen LogP contribution in [0.25, 0.3) is 0 Å². The zero-order chi connectivity index (χ0) is 11.3. The number of hydrogen-bond acceptors (Lipinski definition) is 1. The zero-order valence-corrected chi connectivity index (χ0v) is 10.8. The Bertz CT molecular complexity index is 314. The first-order valence-electron chi connectivity index (χ1n) is 5.39. The third-order valence-corrected chi connectivity index (χ3v) is 2.91. The molecule has 1 unspecified atom stereocenters. The molecule has 1 rings (SSSR count).